The Kier molecular flexibility index (Phi) is 3.85. The van der Waals surface area contributed by atoms with Gasteiger partial charge in [0.25, 0.3) is 5.91 Å². The molecule has 0 atom stereocenters. The lowest BCUT2D eigenvalue weighted by Gasteiger charge is -2.09. The van der Waals surface area contributed by atoms with E-state index in [1.807, 2.05) is 25.1 Å². The van der Waals surface area contributed by atoms with E-state index < -0.39 is 0 Å². The quantitative estimate of drug-likeness (QED) is 0.831. The summed E-state index contributed by atoms with van der Waals surface area (Å²) in [4.78, 5) is 11.9. The highest BCUT2D eigenvalue weighted by molar-refractivity contribution is 6.30. The summed E-state index contributed by atoms with van der Waals surface area (Å²) >= 11 is 5.78. The second-order valence-electron chi connectivity index (χ2n) is 3.90. The maximum atomic E-state index is 11.9. The highest BCUT2D eigenvalue weighted by atomic mass is 35.5. The monoisotopic (exact) mass is 260 g/mol. The molecule has 0 heterocycles. The van der Waals surface area contributed by atoms with Gasteiger partial charge in [0.2, 0.25) is 0 Å². The van der Waals surface area contributed by atoms with Gasteiger partial charge in [0.05, 0.1) is 5.69 Å². The number of carbonyl (C=O) groups excluding carboxylic acids is 1. The van der Waals surface area contributed by atoms with Crippen LogP contribution in [0.5, 0.6) is 0 Å². The second-order valence-corrected chi connectivity index (χ2v) is 4.34. The molecular weight excluding hydrogens is 248 g/mol. The Morgan fingerprint density at radius 3 is 2.39 bits per heavy atom. The third-order valence-electron chi connectivity index (χ3n) is 2.55. The topological polar surface area (TPSA) is 41.1 Å². The molecular formula is C14H13ClN2O. The number of hydrazine groups is 1. The van der Waals surface area contributed by atoms with E-state index in [4.69, 9.17) is 11.6 Å². The Morgan fingerprint density at radius 1 is 1.06 bits per heavy atom. The number of benzene rings is 2. The fourth-order valence-corrected chi connectivity index (χ4v) is 1.68. The number of hydrogen-bond donors (Lipinski definition) is 2. The van der Waals surface area contributed by atoms with Crippen molar-refractivity contribution >= 4 is 23.2 Å². The minimum atomic E-state index is -0.164. The van der Waals surface area contributed by atoms with Crippen LogP contribution in [0.4, 0.5) is 5.69 Å². The number of hydrogen-bond acceptors (Lipinski definition) is 2. The first kappa shape index (κ1) is 12.5. The van der Waals surface area contributed by atoms with Crippen LogP contribution in [0.15, 0.2) is 48.5 Å². The van der Waals surface area contributed by atoms with Gasteiger partial charge >= 0.3 is 0 Å². The molecule has 0 unspecified atom stereocenters. The zero-order valence-corrected chi connectivity index (χ0v) is 10.7. The van der Waals surface area contributed by atoms with Crippen molar-refractivity contribution in [3.8, 4) is 0 Å². The largest absolute Gasteiger partial charge is 0.298 e. The van der Waals surface area contributed by atoms with Crippen molar-refractivity contribution in [3.05, 3.63) is 64.7 Å². The highest BCUT2D eigenvalue weighted by Crippen LogP contribution is 2.13. The van der Waals surface area contributed by atoms with Crippen LogP contribution in [0.25, 0.3) is 0 Å². The molecule has 0 bridgehead atoms. The van der Waals surface area contributed by atoms with E-state index in [0.29, 0.717) is 10.6 Å². The third kappa shape index (κ3) is 3.02. The van der Waals surface area contributed by atoms with Crippen molar-refractivity contribution < 1.29 is 4.79 Å². The normalized spacial score (nSPS) is 9.89. The fourth-order valence-electron chi connectivity index (χ4n) is 1.56. The summed E-state index contributed by atoms with van der Waals surface area (Å²) in [6.07, 6.45) is 0. The lowest BCUT2D eigenvalue weighted by molar-refractivity contribution is 0.0962. The summed E-state index contributed by atoms with van der Waals surface area (Å²) in [5.74, 6) is -0.164. The van der Waals surface area contributed by atoms with Crippen LogP contribution in [0.2, 0.25) is 5.02 Å². The number of amides is 1. The predicted octanol–water partition coefficient (Wildman–Crippen LogP) is 3.41. The van der Waals surface area contributed by atoms with Gasteiger partial charge in [-0.25, -0.2) is 0 Å². The van der Waals surface area contributed by atoms with E-state index in [0.717, 1.165) is 11.3 Å². The van der Waals surface area contributed by atoms with Gasteiger partial charge in [0, 0.05) is 10.6 Å². The van der Waals surface area contributed by atoms with E-state index >= 15 is 0 Å². The van der Waals surface area contributed by atoms with Gasteiger partial charge in [-0.1, -0.05) is 29.8 Å². The Labute approximate surface area is 111 Å². The maximum Gasteiger partial charge on any atom is 0.269 e. The zero-order chi connectivity index (χ0) is 13.0. The van der Waals surface area contributed by atoms with Crippen LogP contribution in [-0.2, 0) is 0 Å². The number of rotatable bonds is 3. The summed E-state index contributed by atoms with van der Waals surface area (Å²) in [7, 11) is 0. The Hall–Kier alpha value is -2.00. The van der Waals surface area contributed by atoms with Crippen molar-refractivity contribution in [1.29, 1.82) is 0 Å². The molecule has 4 heteroatoms. The van der Waals surface area contributed by atoms with Gasteiger partial charge in [-0.05, 0) is 42.8 Å². The predicted molar refractivity (Wildman–Crippen MR) is 73.7 cm³/mol. The number of nitrogens with one attached hydrogen (secondary N) is 2. The smallest absolute Gasteiger partial charge is 0.269 e. The van der Waals surface area contributed by atoms with Crippen molar-refractivity contribution in [2.45, 2.75) is 6.92 Å². The summed E-state index contributed by atoms with van der Waals surface area (Å²) in [6, 6.07) is 14.5. The minimum absolute atomic E-state index is 0.164. The van der Waals surface area contributed by atoms with Crippen LogP contribution < -0.4 is 10.9 Å². The van der Waals surface area contributed by atoms with Gasteiger partial charge in [-0.2, -0.15) is 0 Å². The van der Waals surface area contributed by atoms with Crippen molar-refractivity contribution in [2.75, 3.05) is 5.43 Å². The van der Waals surface area contributed by atoms with Crippen molar-refractivity contribution in [2.24, 2.45) is 0 Å². The number of carbonyl (C=O) groups is 1. The van der Waals surface area contributed by atoms with E-state index in [1.165, 1.54) is 0 Å². The Morgan fingerprint density at radius 2 is 1.72 bits per heavy atom. The van der Waals surface area contributed by atoms with Crippen LogP contribution >= 0.6 is 11.6 Å². The van der Waals surface area contributed by atoms with Crippen LogP contribution in [0.3, 0.4) is 0 Å². The number of anilines is 1. The minimum Gasteiger partial charge on any atom is -0.298 e. The van der Waals surface area contributed by atoms with Gasteiger partial charge in [-0.3, -0.25) is 15.6 Å². The SMILES string of the molecule is Cc1ccccc1C(=O)NNc1ccc(Cl)cc1. The fraction of sp³-hybridized carbons (Fsp3) is 0.0714. The Bertz CT molecular complexity index is 552. The molecule has 0 aromatic heterocycles. The van der Waals surface area contributed by atoms with Crippen molar-refractivity contribution in [1.82, 2.24) is 5.43 Å². The van der Waals surface area contributed by atoms with Crippen LogP contribution in [-0.4, -0.2) is 5.91 Å². The lowest BCUT2D eigenvalue weighted by atomic mass is 10.1. The number of halogens is 1. The lowest BCUT2D eigenvalue weighted by Crippen LogP contribution is -2.29. The van der Waals surface area contributed by atoms with Crippen LogP contribution in [0.1, 0.15) is 15.9 Å². The summed E-state index contributed by atoms with van der Waals surface area (Å²) < 4.78 is 0. The first-order chi connectivity index (χ1) is 8.66. The molecule has 92 valence electrons. The third-order valence-corrected chi connectivity index (χ3v) is 2.81. The summed E-state index contributed by atoms with van der Waals surface area (Å²) in [5.41, 5.74) is 7.85. The zero-order valence-electron chi connectivity index (χ0n) is 9.91. The van der Waals surface area contributed by atoms with Crippen molar-refractivity contribution in [3.63, 3.8) is 0 Å². The molecule has 0 saturated heterocycles. The van der Waals surface area contributed by atoms with E-state index in [9.17, 15) is 4.79 Å². The Balaban J connectivity index is 2.01. The van der Waals surface area contributed by atoms with E-state index in [1.54, 1.807) is 30.3 Å². The molecule has 0 aliphatic heterocycles. The molecule has 0 aliphatic rings. The molecule has 2 N–H and O–H groups in total. The average Bonchev–Trinajstić information content (AvgIpc) is 2.38. The average molecular weight is 261 g/mol. The maximum absolute atomic E-state index is 11.9. The van der Waals surface area contributed by atoms with Gasteiger partial charge in [0.1, 0.15) is 0 Å². The molecule has 2 aromatic carbocycles. The van der Waals surface area contributed by atoms with E-state index in [-0.39, 0.29) is 5.91 Å². The molecule has 0 fully saturated rings. The molecule has 3 nitrogen and oxygen atoms in total. The molecule has 18 heavy (non-hydrogen) atoms. The molecule has 0 aliphatic carbocycles. The highest BCUT2D eigenvalue weighted by Gasteiger charge is 2.06. The van der Waals surface area contributed by atoms with Gasteiger partial charge in [0.15, 0.2) is 0 Å². The van der Waals surface area contributed by atoms with Gasteiger partial charge < -0.3 is 0 Å². The first-order valence-corrected chi connectivity index (χ1v) is 5.92. The first-order valence-electron chi connectivity index (χ1n) is 5.54. The summed E-state index contributed by atoms with van der Waals surface area (Å²) in [6.45, 7) is 1.90. The molecule has 2 rings (SSSR count). The second kappa shape index (κ2) is 5.56. The van der Waals surface area contributed by atoms with E-state index in [2.05, 4.69) is 10.9 Å². The molecule has 1 amide bonds. The van der Waals surface area contributed by atoms with Gasteiger partial charge in [-0.15, -0.1) is 0 Å². The molecule has 0 radical (unpaired) electrons. The standard InChI is InChI=1S/C14H13ClN2O/c1-10-4-2-3-5-13(10)14(18)17-16-12-8-6-11(15)7-9-12/h2-9,16H,1H3,(H,17,18). The molecule has 2 aromatic rings. The molecule has 0 spiro atoms. The van der Waals surface area contributed by atoms with Crippen LogP contribution in [0, 0.1) is 6.92 Å². The summed E-state index contributed by atoms with van der Waals surface area (Å²) in [5, 5.41) is 0.658. The molecule has 0 saturated carbocycles. The number of aryl methyl sites for hydroxylation is 1.